The Morgan fingerprint density at radius 3 is 2.32 bits per heavy atom. The second-order valence-corrected chi connectivity index (χ2v) is 7.91. The van der Waals surface area contributed by atoms with Gasteiger partial charge in [0.15, 0.2) is 0 Å². The Bertz CT molecular complexity index is 460. The van der Waals surface area contributed by atoms with Crippen LogP contribution in [-0.2, 0) is 14.3 Å². The van der Waals surface area contributed by atoms with E-state index >= 15 is 0 Å². The summed E-state index contributed by atoms with van der Waals surface area (Å²) < 4.78 is 5.91. The van der Waals surface area contributed by atoms with Crippen LogP contribution in [0.4, 0.5) is 0 Å². The van der Waals surface area contributed by atoms with E-state index in [-0.39, 0.29) is 36.5 Å². The highest BCUT2D eigenvalue weighted by Crippen LogP contribution is 2.28. The Labute approximate surface area is 150 Å². The zero-order chi connectivity index (χ0) is 17.6. The summed E-state index contributed by atoms with van der Waals surface area (Å²) in [5, 5.41) is 15.8. The zero-order valence-corrected chi connectivity index (χ0v) is 15.0. The number of amides is 2. The van der Waals surface area contributed by atoms with Crippen LogP contribution in [0.5, 0.6) is 0 Å². The number of aliphatic hydroxyl groups excluding tert-OH is 1. The number of carbonyl (C=O) groups is 2. The third-order valence-electron chi connectivity index (χ3n) is 5.98. The Morgan fingerprint density at radius 2 is 1.68 bits per heavy atom. The minimum Gasteiger partial charge on any atom is -0.394 e. The molecule has 0 aromatic carbocycles. The van der Waals surface area contributed by atoms with Gasteiger partial charge < -0.3 is 20.5 Å². The molecule has 0 aromatic heterocycles. The van der Waals surface area contributed by atoms with Gasteiger partial charge in [-0.05, 0) is 38.5 Å². The summed E-state index contributed by atoms with van der Waals surface area (Å²) in [7, 11) is 0. The molecule has 2 aliphatic carbocycles. The smallest absolute Gasteiger partial charge is 0.223 e. The van der Waals surface area contributed by atoms with Gasteiger partial charge in [0.05, 0.1) is 25.2 Å². The number of hydrogen-bond acceptors (Lipinski definition) is 4. The van der Waals surface area contributed by atoms with Gasteiger partial charge in [0.25, 0.3) is 0 Å². The summed E-state index contributed by atoms with van der Waals surface area (Å²) >= 11 is 0. The molecule has 3 rings (SSSR count). The summed E-state index contributed by atoms with van der Waals surface area (Å²) in [5.74, 6) is 0.274. The average molecular weight is 352 g/mol. The van der Waals surface area contributed by atoms with Crippen LogP contribution >= 0.6 is 0 Å². The molecule has 0 aromatic rings. The van der Waals surface area contributed by atoms with Crippen LogP contribution in [0.2, 0.25) is 0 Å². The summed E-state index contributed by atoms with van der Waals surface area (Å²) in [6.45, 7) is -0.129. The molecule has 0 radical (unpaired) electrons. The van der Waals surface area contributed by atoms with Crippen molar-refractivity contribution in [2.75, 3.05) is 6.61 Å². The highest BCUT2D eigenvalue weighted by molar-refractivity contribution is 5.79. The third-order valence-corrected chi connectivity index (χ3v) is 5.98. The minimum absolute atomic E-state index is 0.0468. The van der Waals surface area contributed by atoms with Crippen LogP contribution in [0.1, 0.15) is 70.6 Å². The van der Waals surface area contributed by atoms with Crippen molar-refractivity contribution in [2.24, 2.45) is 5.92 Å². The fourth-order valence-corrected chi connectivity index (χ4v) is 4.16. The van der Waals surface area contributed by atoms with E-state index in [1.54, 1.807) is 0 Å². The molecule has 2 amide bonds. The maximum absolute atomic E-state index is 12.2. The Kier molecular flexibility index (Phi) is 6.70. The summed E-state index contributed by atoms with van der Waals surface area (Å²) in [6, 6.07) is 0.170. The second-order valence-electron chi connectivity index (χ2n) is 7.91. The SMILES string of the molecule is O=C(C[C@@H]1CC[C@@H](NC(=O)C2CCC2)[C@H](CO)O1)NC1CCCCC1. The number of carbonyl (C=O) groups excluding carboxylic acids is 2. The van der Waals surface area contributed by atoms with Crippen LogP contribution < -0.4 is 10.6 Å². The first-order valence-electron chi connectivity index (χ1n) is 10.0. The number of hydrogen-bond donors (Lipinski definition) is 3. The van der Waals surface area contributed by atoms with Crippen molar-refractivity contribution in [3.63, 3.8) is 0 Å². The van der Waals surface area contributed by atoms with Gasteiger partial charge in [-0.15, -0.1) is 0 Å². The number of rotatable bonds is 6. The highest BCUT2D eigenvalue weighted by atomic mass is 16.5. The van der Waals surface area contributed by atoms with Crippen LogP contribution in [0.25, 0.3) is 0 Å². The van der Waals surface area contributed by atoms with E-state index in [4.69, 9.17) is 4.74 Å². The molecule has 1 aliphatic heterocycles. The third kappa shape index (κ3) is 5.17. The van der Waals surface area contributed by atoms with E-state index in [1.807, 2.05) is 0 Å². The number of ether oxygens (including phenoxy) is 1. The van der Waals surface area contributed by atoms with Gasteiger partial charge in [0.2, 0.25) is 11.8 Å². The van der Waals surface area contributed by atoms with Gasteiger partial charge in [-0.25, -0.2) is 0 Å². The largest absolute Gasteiger partial charge is 0.394 e. The summed E-state index contributed by atoms with van der Waals surface area (Å²) in [5.41, 5.74) is 0. The van der Waals surface area contributed by atoms with Crippen molar-refractivity contribution in [3.8, 4) is 0 Å². The summed E-state index contributed by atoms with van der Waals surface area (Å²) in [6.07, 6.45) is 10.1. The van der Waals surface area contributed by atoms with Crippen LogP contribution in [0, 0.1) is 5.92 Å². The Morgan fingerprint density at radius 1 is 0.920 bits per heavy atom. The van der Waals surface area contributed by atoms with Crippen molar-refractivity contribution < 1.29 is 19.4 Å². The van der Waals surface area contributed by atoms with Crippen molar-refractivity contribution in [3.05, 3.63) is 0 Å². The molecular weight excluding hydrogens is 320 g/mol. The van der Waals surface area contributed by atoms with Crippen molar-refractivity contribution in [2.45, 2.75) is 94.9 Å². The molecule has 6 nitrogen and oxygen atoms in total. The molecular formula is C19H32N2O4. The molecule has 3 aliphatic rings. The van der Waals surface area contributed by atoms with Crippen molar-refractivity contribution in [1.82, 2.24) is 10.6 Å². The van der Waals surface area contributed by atoms with Gasteiger partial charge in [0, 0.05) is 12.0 Å². The van der Waals surface area contributed by atoms with Gasteiger partial charge in [-0.3, -0.25) is 9.59 Å². The predicted molar refractivity (Wildman–Crippen MR) is 93.9 cm³/mol. The van der Waals surface area contributed by atoms with E-state index in [9.17, 15) is 14.7 Å². The Balaban J connectivity index is 1.42. The second kappa shape index (κ2) is 8.99. The van der Waals surface area contributed by atoms with Gasteiger partial charge >= 0.3 is 0 Å². The quantitative estimate of drug-likeness (QED) is 0.678. The van der Waals surface area contributed by atoms with E-state index in [2.05, 4.69) is 10.6 Å². The van der Waals surface area contributed by atoms with Crippen LogP contribution in [0.15, 0.2) is 0 Å². The number of nitrogens with one attached hydrogen (secondary N) is 2. The van der Waals surface area contributed by atoms with E-state index in [0.717, 1.165) is 44.9 Å². The lowest BCUT2D eigenvalue weighted by atomic mass is 9.84. The number of aliphatic hydroxyl groups is 1. The van der Waals surface area contributed by atoms with Gasteiger partial charge in [-0.2, -0.15) is 0 Å². The molecule has 0 unspecified atom stereocenters. The lowest BCUT2D eigenvalue weighted by Crippen LogP contribution is -2.53. The first-order chi connectivity index (χ1) is 12.2. The van der Waals surface area contributed by atoms with E-state index in [1.165, 1.54) is 19.3 Å². The lowest BCUT2D eigenvalue weighted by molar-refractivity contribution is -0.139. The summed E-state index contributed by atoms with van der Waals surface area (Å²) in [4.78, 5) is 24.4. The monoisotopic (exact) mass is 352 g/mol. The fourth-order valence-electron chi connectivity index (χ4n) is 4.16. The highest BCUT2D eigenvalue weighted by Gasteiger charge is 2.35. The predicted octanol–water partition coefficient (Wildman–Crippen LogP) is 1.65. The molecule has 6 heteroatoms. The molecule has 3 atom stereocenters. The molecule has 1 heterocycles. The molecule has 1 saturated heterocycles. The van der Waals surface area contributed by atoms with Crippen molar-refractivity contribution >= 4 is 11.8 Å². The minimum atomic E-state index is -0.412. The zero-order valence-electron chi connectivity index (χ0n) is 15.0. The fraction of sp³-hybridized carbons (Fsp3) is 0.895. The van der Waals surface area contributed by atoms with Gasteiger partial charge in [-0.1, -0.05) is 25.7 Å². The molecule has 3 fully saturated rings. The first-order valence-corrected chi connectivity index (χ1v) is 10.0. The normalized spacial score (nSPS) is 31.2. The molecule has 142 valence electrons. The van der Waals surface area contributed by atoms with Crippen LogP contribution in [0.3, 0.4) is 0 Å². The van der Waals surface area contributed by atoms with E-state index < -0.39 is 6.10 Å². The van der Waals surface area contributed by atoms with Crippen molar-refractivity contribution in [1.29, 1.82) is 0 Å². The van der Waals surface area contributed by atoms with E-state index in [0.29, 0.717) is 12.5 Å². The lowest BCUT2D eigenvalue weighted by Gasteiger charge is -2.37. The molecule has 3 N–H and O–H groups in total. The van der Waals surface area contributed by atoms with Gasteiger partial charge in [0.1, 0.15) is 6.10 Å². The molecule has 25 heavy (non-hydrogen) atoms. The topological polar surface area (TPSA) is 87.7 Å². The van der Waals surface area contributed by atoms with Crippen LogP contribution in [-0.4, -0.2) is 47.8 Å². The maximum Gasteiger partial charge on any atom is 0.223 e. The standard InChI is InChI=1S/C19H32N2O4/c22-12-17-16(21-19(24)13-5-4-6-13)10-9-15(25-17)11-18(23)20-14-7-2-1-3-8-14/h13-17,22H,1-12H2,(H,20,23)(H,21,24)/t15-,16+,17-/m0/s1. The maximum atomic E-state index is 12.2. The molecule has 2 saturated carbocycles. The molecule has 0 bridgehead atoms. The first kappa shape index (κ1) is 18.6. The molecule has 0 spiro atoms. The Hall–Kier alpha value is -1.14. The average Bonchev–Trinajstić information content (AvgIpc) is 2.55.